The highest BCUT2D eigenvalue weighted by Gasteiger charge is 2.20. The Labute approximate surface area is 153 Å². The van der Waals surface area contributed by atoms with Crippen LogP contribution in [0.25, 0.3) is 10.8 Å². The lowest BCUT2D eigenvalue weighted by molar-refractivity contribution is 0.0731. The maximum absolute atomic E-state index is 12.6. The number of ether oxygens (including phenoxy) is 2. The second kappa shape index (κ2) is 7.91. The lowest BCUT2D eigenvalue weighted by atomic mass is 10.0. The lowest BCUT2D eigenvalue weighted by Gasteiger charge is -2.14. The monoisotopic (exact) mass is 350 g/mol. The number of aromatic hydroxyl groups is 1. The third-order valence-corrected chi connectivity index (χ3v) is 4.16. The van der Waals surface area contributed by atoms with Gasteiger partial charge in [0.2, 0.25) is 0 Å². The van der Waals surface area contributed by atoms with E-state index in [0.717, 1.165) is 23.8 Å². The summed E-state index contributed by atoms with van der Waals surface area (Å²) in [5.41, 5.74) is 1.15. The first-order valence-electron chi connectivity index (χ1n) is 8.76. The van der Waals surface area contributed by atoms with Gasteiger partial charge >= 0.3 is 5.97 Å². The highest BCUT2D eigenvalue weighted by molar-refractivity contribution is 6.04. The Hall–Kier alpha value is -3.01. The summed E-state index contributed by atoms with van der Waals surface area (Å²) in [6.45, 7) is 4.62. The van der Waals surface area contributed by atoms with Crippen molar-refractivity contribution in [3.8, 4) is 17.2 Å². The fraction of sp³-hybridized carbons (Fsp3) is 0.227. The molecule has 0 fully saturated rings. The zero-order chi connectivity index (χ0) is 18.5. The number of carbonyl (C=O) groups excluding carboxylic acids is 1. The van der Waals surface area contributed by atoms with Gasteiger partial charge in [0.05, 0.1) is 6.61 Å². The molecule has 0 aliphatic rings. The largest absolute Gasteiger partial charge is 0.506 e. The number of unbranched alkanes of at least 4 members (excludes halogenated alkanes) is 1. The summed E-state index contributed by atoms with van der Waals surface area (Å²) in [5, 5.41) is 12.0. The number of aryl methyl sites for hydroxylation is 1. The maximum atomic E-state index is 12.6. The first kappa shape index (κ1) is 17.8. The molecule has 0 aliphatic heterocycles. The van der Waals surface area contributed by atoms with Gasteiger partial charge in [0, 0.05) is 10.8 Å². The number of benzene rings is 3. The molecule has 26 heavy (non-hydrogen) atoms. The first-order valence-corrected chi connectivity index (χ1v) is 8.76. The van der Waals surface area contributed by atoms with Crippen LogP contribution in [0, 0.1) is 6.92 Å². The summed E-state index contributed by atoms with van der Waals surface area (Å²) < 4.78 is 11.3. The molecule has 0 amide bonds. The van der Waals surface area contributed by atoms with Gasteiger partial charge in [-0.2, -0.15) is 0 Å². The molecule has 3 aromatic rings. The molecule has 134 valence electrons. The Morgan fingerprint density at radius 3 is 2.54 bits per heavy atom. The highest BCUT2D eigenvalue weighted by Crippen LogP contribution is 2.37. The zero-order valence-corrected chi connectivity index (χ0v) is 15.0. The Balaban J connectivity index is 2.02. The van der Waals surface area contributed by atoms with Crippen LogP contribution in [0.2, 0.25) is 0 Å². The molecule has 0 unspecified atom stereocenters. The average Bonchev–Trinajstić information content (AvgIpc) is 2.64. The van der Waals surface area contributed by atoms with Gasteiger partial charge in [0.1, 0.15) is 22.8 Å². The van der Waals surface area contributed by atoms with Gasteiger partial charge in [0.15, 0.2) is 0 Å². The molecule has 0 bridgehead atoms. The molecule has 0 atom stereocenters. The van der Waals surface area contributed by atoms with Gasteiger partial charge in [-0.1, -0.05) is 49.2 Å². The Morgan fingerprint density at radius 2 is 1.81 bits per heavy atom. The van der Waals surface area contributed by atoms with Crippen LogP contribution in [0.5, 0.6) is 17.2 Å². The maximum Gasteiger partial charge on any atom is 0.347 e. The van der Waals surface area contributed by atoms with Crippen molar-refractivity contribution in [1.29, 1.82) is 0 Å². The van der Waals surface area contributed by atoms with Gasteiger partial charge in [-0.15, -0.1) is 0 Å². The third kappa shape index (κ3) is 3.80. The van der Waals surface area contributed by atoms with Crippen LogP contribution >= 0.6 is 0 Å². The molecule has 4 nitrogen and oxygen atoms in total. The summed E-state index contributed by atoms with van der Waals surface area (Å²) in [5.74, 6) is 0.296. The van der Waals surface area contributed by atoms with E-state index in [2.05, 4.69) is 6.92 Å². The van der Waals surface area contributed by atoms with E-state index in [9.17, 15) is 9.90 Å². The number of phenols is 1. The van der Waals surface area contributed by atoms with Crippen molar-refractivity contribution in [2.24, 2.45) is 0 Å². The summed E-state index contributed by atoms with van der Waals surface area (Å²) in [7, 11) is 0. The number of hydrogen-bond acceptors (Lipinski definition) is 4. The van der Waals surface area contributed by atoms with Crippen LogP contribution in [-0.4, -0.2) is 17.7 Å². The Bertz CT molecular complexity index is 916. The fourth-order valence-corrected chi connectivity index (χ4v) is 2.74. The van der Waals surface area contributed by atoms with Crippen molar-refractivity contribution in [3.63, 3.8) is 0 Å². The number of esters is 1. The fourth-order valence-electron chi connectivity index (χ4n) is 2.74. The van der Waals surface area contributed by atoms with Crippen LogP contribution in [0.3, 0.4) is 0 Å². The second-order valence-corrected chi connectivity index (χ2v) is 6.22. The highest BCUT2D eigenvalue weighted by atomic mass is 16.5. The van der Waals surface area contributed by atoms with Crippen LogP contribution in [-0.2, 0) is 0 Å². The molecule has 0 aromatic heterocycles. The Kier molecular flexibility index (Phi) is 5.42. The molecule has 0 radical (unpaired) electrons. The summed E-state index contributed by atoms with van der Waals surface area (Å²) in [6.07, 6.45) is 1.93. The van der Waals surface area contributed by atoms with Gasteiger partial charge < -0.3 is 14.6 Å². The lowest BCUT2D eigenvalue weighted by Crippen LogP contribution is -2.10. The van der Waals surface area contributed by atoms with Gasteiger partial charge in [-0.25, -0.2) is 4.79 Å². The molecule has 0 aliphatic carbocycles. The molecule has 3 aromatic carbocycles. The smallest absolute Gasteiger partial charge is 0.347 e. The molecular weight excluding hydrogens is 328 g/mol. The van der Waals surface area contributed by atoms with Gasteiger partial charge in [-0.05, 0) is 37.6 Å². The molecule has 3 rings (SSSR count). The van der Waals surface area contributed by atoms with Crippen molar-refractivity contribution in [3.05, 3.63) is 65.7 Å². The van der Waals surface area contributed by atoms with Crippen molar-refractivity contribution < 1.29 is 19.4 Å². The number of para-hydroxylation sites is 1. The molecule has 0 spiro atoms. The number of fused-ring (bicyclic) bond motifs is 1. The topological polar surface area (TPSA) is 55.8 Å². The van der Waals surface area contributed by atoms with Crippen LogP contribution in [0.1, 0.15) is 35.7 Å². The van der Waals surface area contributed by atoms with Crippen molar-refractivity contribution in [2.75, 3.05) is 6.61 Å². The average molecular weight is 350 g/mol. The van der Waals surface area contributed by atoms with E-state index in [0.29, 0.717) is 23.5 Å². The molecule has 0 saturated heterocycles. The number of phenolic OH excluding ortho intramolecular Hbond substituents is 1. The van der Waals surface area contributed by atoms with Gasteiger partial charge in [0.25, 0.3) is 0 Å². The summed E-state index contributed by atoms with van der Waals surface area (Å²) >= 11 is 0. The number of rotatable bonds is 6. The van der Waals surface area contributed by atoms with Crippen molar-refractivity contribution in [2.45, 2.75) is 26.7 Å². The minimum absolute atomic E-state index is 0.0937. The minimum Gasteiger partial charge on any atom is -0.506 e. The quantitative estimate of drug-likeness (QED) is 0.375. The van der Waals surface area contributed by atoms with Crippen LogP contribution < -0.4 is 9.47 Å². The summed E-state index contributed by atoms with van der Waals surface area (Å²) in [6, 6.07) is 16.0. The van der Waals surface area contributed by atoms with E-state index in [1.54, 1.807) is 36.4 Å². The van der Waals surface area contributed by atoms with Gasteiger partial charge in [-0.3, -0.25) is 0 Å². The van der Waals surface area contributed by atoms with E-state index >= 15 is 0 Å². The van der Waals surface area contributed by atoms with E-state index in [4.69, 9.17) is 9.47 Å². The number of hydrogen-bond donors (Lipinski definition) is 1. The van der Waals surface area contributed by atoms with Crippen LogP contribution in [0.15, 0.2) is 54.6 Å². The summed E-state index contributed by atoms with van der Waals surface area (Å²) in [4.78, 5) is 12.6. The predicted molar refractivity (Wildman–Crippen MR) is 102 cm³/mol. The predicted octanol–water partition coefficient (Wildman–Crippen LogP) is 5.25. The normalized spacial score (nSPS) is 10.7. The first-order chi connectivity index (χ1) is 12.6. The van der Waals surface area contributed by atoms with E-state index in [1.165, 1.54) is 0 Å². The molecule has 4 heteroatoms. The Morgan fingerprint density at radius 1 is 1.04 bits per heavy atom. The van der Waals surface area contributed by atoms with E-state index < -0.39 is 5.97 Å². The van der Waals surface area contributed by atoms with Crippen LogP contribution in [0.4, 0.5) is 0 Å². The molecule has 1 N–H and O–H groups in total. The second-order valence-electron chi connectivity index (χ2n) is 6.22. The van der Waals surface area contributed by atoms with Crippen molar-refractivity contribution >= 4 is 16.7 Å². The van der Waals surface area contributed by atoms with E-state index in [1.807, 2.05) is 25.1 Å². The SMILES string of the molecule is CCCCOc1cc(C(=O)Oc2ccccc2)c(O)c2ccc(C)cc12. The molecule has 0 heterocycles. The minimum atomic E-state index is -0.614. The third-order valence-electron chi connectivity index (χ3n) is 4.16. The van der Waals surface area contributed by atoms with E-state index in [-0.39, 0.29) is 11.3 Å². The van der Waals surface area contributed by atoms with Crippen molar-refractivity contribution in [1.82, 2.24) is 0 Å². The molecular formula is C22H22O4. The molecule has 0 saturated carbocycles. The zero-order valence-electron chi connectivity index (χ0n) is 15.0. The standard InChI is InChI=1S/C22H22O4/c1-3-4-12-25-20-14-19(22(24)26-16-8-6-5-7-9-16)21(23)17-11-10-15(2)13-18(17)20/h5-11,13-14,23H,3-4,12H2,1-2H3. The number of carbonyl (C=O) groups is 1.